The molecule has 1 N–H and O–H groups in total. The summed E-state index contributed by atoms with van der Waals surface area (Å²) in [6, 6.07) is 0. The molecule has 29 heavy (non-hydrogen) atoms. The van der Waals surface area contributed by atoms with Gasteiger partial charge >= 0.3 is 154 Å². The number of carboxylic acids is 6. The molecule has 0 aliphatic heterocycles. The minimum Gasteiger partial charge on any atom is -0.550 e. The first-order valence-electron chi connectivity index (χ1n) is 6.20. The maximum absolute atomic E-state index is 11.2. The van der Waals surface area contributed by atoms with Crippen LogP contribution in [0.15, 0.2) is 0 Å². The SMILES string of the molecule is O=C([O-])C1C(C(=O)[O-])C(C(=O)[O-])C(C(=O)O)C(C(=O)[O-])C1C(=O)[O-].[Na+].[Na+].[Na+].[Na+].[Na+]. The number of aliphatic carboxylic acids is 6. The molecule has 0 spiro atoms. The summed E-state index contributed by atoms with van der Waals surface area (Å²) in [5.41, 5.74) is 0. The van der Waals surface area contributed by atoms with E-state index >= 15 is 0 Å². The Morgan fingerprint density at radius 2 is 0.552 bits per heavy atom. The van der Waals surface area contributed by atoms with Gasteiger partial charge < -0.3 is 54.6 Å². The minimum atomic E-state index is -2.75. The predicted octanol–water partition coefficient (Wildman–Crippen LogP) is -23.4. The quantitative estimate of drug-likeness (QED) is 0.365. The largest absolute Gasteiger partial charge is 1.00 e. The fraction of sp³-hybridized carbons (Fsp3) is 0.500. The number of carbonyl (C=O) groups excluding carboxylic acids is 5. The van der Waals surface area contributed by atoms with Crippen molar-refractivity contribution < 1.29 is 207 Å². The van der Waals surface area contributed by atoms with Crippen LogP contribution >= 0.6 is 0 Å². The van der Waals surface area contributed by atoms with Crippen molar-refractivity contribution in [2.75, 3.05) is 0 Å². The maximum atomic E-state index is 11.2. The molecule has 0 bridgehead atoms. The fourth-order valence-corrected chi connectivity index (χ4v) is 3.11. The van der Waals surface area contributed by atoms with Crippen LogP contribution in [0.4, 0.5) is 0 Å². The molecule has 1 saturated carbocycles. The molecule has 4 atom stereocenters. The van der Waals surface area contributed by atoms with E-state index in [0.717, 1.165) is 0 Å². The summed E-state index contributed by atoms with van der Waals surface area (Å²) in [5, 5.41) is 64.7. The van der Waals surface area contributed by atoms with Crippen LogP contribution in [-0.4, -0.2) is 40.9 Å². The number of carbonyl (C=O) groups is 6. The van der Waals surface area contributed by atoms with Crippen molar-refractivity contribution in [2.45, 2.75) is 0 Å². The molecule has 12 nitrogen and oxygen atoms in total. The van der Waals surface area contributed by atoms with Crippen LogP contribution in [-0.2, 0) is 28.8 Å². The zero-order valence-electron chi connectivity index (χ0n) is 16.4. The van der Waals surface area contributed by atoms with Crippen molar-refractivity contribution in [3.63, 3.8) is 0 Å². The first-order chi connectivity index (χ1) is 10.9. The fourth-order valence-electron chi connectivity index (χ4n) is 3.11. The van der Waals surface area contributed by atoms with E-state index in [9.17, 15) is 54.3 Å². The monoisotopic (exact) mass is 458 g/mol. The summed E-state index contributed by atoms with van der Waals surface area (Å²) in [4.78, 5) is 66.9. The average Bonchev–Trinajstić information content (AvgIpc) is 2.42. The van der Waals surface area contributed by atoms with Crippen LogP contribution in [0.3, 0.4) is 0 Å². The van der Waals surface area contributed by atoms with Gasteiger partial charge in [-0.25, -0.2) is 0 Å². The first-order valence-corrected chi connectivity index (χ1v) is 6.20. The number of carboxylic acid groups (broad SMARTS) is 6. The molecule has 1 aliphatic rings. The first kappa shape index (κ1) is 41.1. The normalized spacial score (nSPS) is 26.9. The molecule has 0 heterocycles. The van der Waals surface area contributed by atoms with Crippen LogP contribution in [0, 0.1) is 35.5 Å². The molecular weight excluding hydrogens is 451 g/mol. The molecule has 132 valence electrons. The molecule has 1 fully saturated rings. The standard InChI is InChI=1S/C12H12O12.5Na/c13-7(14)1-2(8(15)16)4(10(19)20)6(12(23)24)5(11(21)22)3(1)9(17)18;;;;;/h1-6H,(H,13,14)(H,15,16)(H,17,18)(H,19,20)(H,21,22)(H,23,24);;;;;/q;5*+1/p-5. The number of hydrogen-bond acceptors (Lipinski definition) is 11. The third-order valence-corrected chi connectivity index (χ3v) is 3.97. The number of hydrogen-bond donors (Lipinski definition) is 1. The Morgan fingerprint density at radius 1 is 0.414 bits per heavy atom. The molecular formula is C12H7Na5O12. The maximum Gasteiger partial charge on any atom is 1.00 e. The van der Waals surface area contributed by atoms with Crippen molar-refractivity contribution in [1.82, 2.24) is 0 Å². The topological polar surface area (TPSA) is 238 Å². The molecule has 0 aromatic heterocycles. The Labute approximate surface area is 274 Å². The van der Waals surface area contributed by atoms with Crippen molar-refractivity contribution in [1.29, 1.82) is 0 Å². The van der Waals surface area contributed by atoms with E-state index in [0.29, 0.717) is 0 Å². The van der Waals surface area contributed by atoms with Gasteiger partial charge in [-0.15, -0.1) is 0 Å². The minimum absolute atomic E-state index is 0. The summed E-state index contributed by atoms with van der Waals surface area (Å²) in [6.07, 6.45) is 0. The Morgan fingerprint density at radius 3 is 0.655 bits per heavy atom. The summed E-state index contributed by atoms with van der Waals surface area (Å²) < 4.78 is 0. The molecule has 0 aromatic carbocycles. The Kier molecular flexibility index (Phi) is 24.5. The second-order valence-corrected chi connectivity index (χ2v) is 5.09. The second kappa shape index (κ2) is 17.3. The second-order valence-electron chi connectivity index (χ2n) is 5.09. The van der Waals surface area contributed by atoms with Gasteiger partial charge in [-0.05, 0) is 0 Å². The van der Waals surface area contributed by atoms with Gasteiger partial charge in [-0.1, -0.05) is 0 Å². The van der Waals surface area contributed by atoms with Gasteiger partial charge in [0.05, 0.1) is 5.92 Å². The van der Waals surface area contributed by atoms with E-state index in [1.807, 2.05) is 0 Å². The van der Waals surface area contributed by atoms with Crippen molar-refractivity contribution in [3.8, 4) is 0 Å². The molecule has 0 amide bonds. The van der Waals surface area contributed by atoms with E-state index in [4.69, 9.17) is 5.11 Å². The summed E-state index contributed by atoms with van der Waals surface area (Å²) in [6.45, 7) is 0. The Hall–Kier alpha value is 1.82. The average molecular weight is 458 g/mol. The van der Waals surface area contributed by atoms with E-state index in [-0.39, 0.29) is 148 Å². The molecule has 0 radical (unpaired) electrons. The third-order valence-electron chi connectivity index (χ3n) is 3.97. The van der Waals surface area contributed by atoms with Crippen LogP contribution in [0.5, 0.6) is 0 Å². The zero-order chi connectivity index (χ0) is 18.9. The van der Waals surface area contributed by atoms with E-state index < -0.39 is 71.3 Å². The molecule has 0 aromatic rings. The van der Waals surface area contributed by atoms with Gasteiger partial charge in [0, 0.05) is 59.4 Å². The van der Waals surface area contributed by atoms with Gasteiger partial charge in [0.25, 0.3) is 0 Å². The molecule has 0 saturated heterocycles. The molecule has 4 unspecified atom stereocenters. The van der Waals surface area contributed by atoms with Gasteiger partial charge in [0.2, 0.25) is 0 Å². The van der Waals surface area contributed by atoms with Gasteiger partial charge in [-0.2, -0.15) is 0 Å². The van der Waals surface area contributed by atoms with Crippen LogP contribution < -0.4 is 173 Å². The van der Waals surface area contributed by atoms with Crippen LogP contribution in [0.25, 0.3) is 0 Å². The Balaban J connectivity index is -0.000000384. The van der Waals surface area contributed by atoms with Gasteiger partial charge in [0.15, 0.2) is 0 Å². The van der Waals surface area contributed by atoms with Crippen molar-refractivity contribution in [2.24, 2.45) is 35.5 Å². The third kappa shape index (κ3) is 9.30. The molecule has 1 rings (SSSR count). The van der Waals surface area contributed by atoms with E-state index in [2.05, 4.69) is 0 Å². The van der Waals surface area contributed by atoms with Crippen LogP contribution in [0.2, 0.25) is 0 Å². The predicted molar refractivity (Wildman–Crippen MR) is 53.6 cm³/mol. The molecule has 17 heteroatoms. The summed E-state index contributed by atoms with van der Waals surface area (Å²) >= 11 is 0. The molecule has 1 aliphatic carbocycles. The zero-order valence-corrected chi connectivity index (χ0v) is 26.4. The van der Waals surface area contributed by atoms with Crippen LogP contribution in [0.1, 0.15) is 0 Å². The van der Waals surface area contributed by atoms with Crippen molar-refractivity contribution in [3.05, 3.63) is 0 Å². The van der Waals surface area contributed by atoms with Gasteiger partial charge in [0.1, 0.15) is 0 Å². The van der Waals surface area contributed by atoms with E-state index in [1.54, 1.807) is 0 Å². The van der Waals surface area contributed by atoms with Crippen molar-refractivity contribution >= 4 is 35.8 Å². The number of rotatable bonds is 6. The Bertz CT molecular complexity index is 489. The summed E-state index contributed by atoms with van der Waals surface area (Å²) in [7, 11) is 0. The van der Waals surface area contributed by atoms with Gasteiger partial charge in [-0.3, -0.25) is 4.79 Å². The summed E-state index contributed by atoms with van der Waals surface area (Å²) in [5.74, 6) is -30.6. The smallest absolute Gasteiger partial charge is 0.550 e. The van der Waals surface area contributed by atoms with E-state index in [1.165, 1.54) is 0 Å².